The molecule has 6 rings (SSSR count). The fourth-order valence-electron chi connectivity index (χ4n) is 7.56. The molecule has 2 saturated heterocycles. The SMILES string of the molecule is CC(C)(C)C(NC(=O)COCCCCOc1ccc(-c2ccc(N3C(=S)N(c4ccc(C#N)c(C(F)(F)F)c4F)C(=O)C3(C)C)cn2)cc1)C(=O)N1CCCC1C(=O)NCc1cncs1. The van der Waals surface area contributed by atoms with Gasteiger partial charge in [-0.25, -0.2) is 4.39 Å². The number of thiazole rings is 1. The lowest BCUT2D eigenvalue weighted by Gasteiger charge is -2.35. The lowest BCUT2D eigenvalue weighted by Crippen LogP contribution is -2.58. The van der Waals surface area contributed by atoms with Crippen molar-refractivity contribution in [1.29, 1.82) is 5.26 Å². The first-order chi connectivity index (χ1) is 30.7. The van der Waals surface area contributed by atoms with E-state index in [1.165, 1.54) is 42.4 Å². The Labute approximate surface area is 382 Å². The molecule has 4 amide bonds. The van der Waals surface area contributed by atoms with Gasteiger partial charge >= 0.3 is 6.18 Å². The highest BCUT2D eigenvalue weighted by atomic mass is 32.1. The van der Waals surface area contributed by atoms with Crippen molar-refractivity contribution < 1.29 is 46.2 Å². The maximum atomic E-state index is 15.4. The van der Waals surface area contributed by atoms with Crippen LogP contribution in [0.1, 0.15) is 76.3 Å². The standard InChI is InChI=1S/C45H48F4N8O6S2/c1-43(2,3)38(40(60)55-18-8-9-34(55)39(59)53-24-31-23-51-26-65-31)54-35(58)25-62-19-6-7-20-63-30-14-10-27(11-15-30)32-16-13-29(22-52-32)57-42(64)56(41(61)44(57,4)5)33-17-12-28(21-50)36(37(33)46)45(47,48)49/h10-17,22-23,26,34,38H,6-9,18-20,24-25H2,1-5H3,(H,53,59)(H,54,58). The Hall–Kier alpha value is -6.04. The number of carbonyl (C=O) groups is 4. The minimum Gasteiger partial charge on any atom is -0.494 e. The topological polar surface area (TPSA) is 170 Å². The molecule has 2 atom stereocenters. The maximum absolute atomic E-state index is 15.4. The number of amides is 4. The number of thiocarbonyl (C=S) groups is 1. The van der Waals surface area contributed by atoms with Gasteiger partial charge in [0.1, 0.15) is 35.5 Å². The van der Waals surface area contributed by atoms with Gasteiger partial charge in [0.15, 0.2) is 10.9 Å². The molecule has 2 N–H and O–H groups in total. The molecule has 4 aromatic rings. The Morgan fingerprint density at radius 2 is 1.77 bits per heavy atom. The summed E-state index contributed by atoms with van der Waals surface area (Å²) in [6, 6.07) is 12.1. The molecule has 0 saturated carbocycles. The second kappa shape index (κ2) is 20.0. The van der Waals surface area contributed by atoms with Crippen molar-refractivity contribution in [2.45, 2.75) is 90.6 Å². The van der Waals surface area contributed by atoms with E-state index in [0.717, 1.165) is 22.6 Å². The summed E-state index contributed by atoms with van der Waals surface area (Å²) in [6.45, 7) is 9.77. The highest BCUT2D eigenvalue weighted by Gasteiger charge is 2.52. The van der Waals surface area contributed by atoms with Crippen LogP contribution >= 0.6 is 23.6 Å². The van der Waals surface area contributed by atoms with Crippen LogP contribution in [0.15, 0.2) is 66.4 Å². The quantitative estimate of drug-likeness (QED) is 0.0664. The van der Waals surface area contributed by atoms with E-state index < -0.39 is 63.7 Å². The molecule has 14 nitrogen and oxygen atoms in total. The average Bonchev–Trinajstić information content (AvgIpc) is 4.01. The first-order valence-corrected chi connectivity index (χ1v) is 22.0. The molecule has 2 aliphatic heterocycles. The number of carbonyl (C=O) groups excluding carboxylic acids is 4. The Bertz CT molecular complexity index is 2440. The number of rotatable bonds is 16. The summed E-state index contributed by atoms with van der Waals surface area (Å²) in [5.41, 5.74) is -2.15. The molecule has 2 unspecified atom stereocenters. The van der Waals surface area contributed by atoms with Crippen LogP contribution in [0.3, 0.4) is 0 Å². The number of nitrogens with zero attached hydrogens (tertiary/aromatic N) is 6. The molecule has 2 aliphatic rings. The summed E-state index contributed by atoms with van der Waals surface area (Å²) in [5, 5.41) is 14.6. The third kappa shape index (κ3) is 10.9. The Morgan fingerprint density at radius 3 is 2.40 bits per heavy atom. The molecule has 2 aromatic carbocycles. The minimum atomic E-state index is -5.19. The van der Waals surface area contributed by atoms with Crippen LogP contribution in [0.4, 0.5) is 28.9 Å². The summed E-state index contributed by atoms with van der Waals surface area (Å²) >= 11 is 6.96. The van der Waals surface area contributed by atoms with Crippen LogP contribution in [0, 0.1) is 22.6 Å². The lowest BCUT2D eigenvalue weighted by atomic mass is 9.85. The first kappa shape index (κ1) is 48.4. The second-order valence-corrected chi connectivity index (χ2v) is 18.4. The summed E-state index contributed by atoms with van der Waals surface area (Å²) < 4.78 is 68.1. The largest absolute Gasteiger partial charge is 0.494 e. The maximum Gasteiger partial charge on any atom is 0.420 e. The van der Waals surface area contributed by atoms with E-state index in [2.05, 4.69) is 20.6 Å². The van der Waals surface area contributed by atoms with Gasteiger partial charge in [0.05, 0.1) is 53.6 Å². The molecular weight excluding hydrogens is 889 g/mol. The van der Waals surface area contributed by atoms with Crippen molar-refractivity contribution in [2.24, 2.45) is 5.41 Å². The highest BCUT2D eigenvalue weighted by molar-refractivity contribution is 7.81. The van der Waals surface area contributed by atoms with E-state index >= 15 is 4.39 Å². The lowest BCUT2D eigenvalue weighted by molar-refractivity contribution is -0.144. The van der Waals surface area contributed by atoms with Crippen LogP contribution in [-0.2, 0) is 36.6 Å². The molecule has 0 bridgehead atoms. The van der Waals surface area contributed by atoms with E-state index in [4.69, 9.17) is 27.0 Å². The second-order valence-electron chi connectivity index (χ2n) is 17.0. The number of ether oxygens (including phenoxy) is 2. The number of hydrogen-bond acceptors (Lipinski definition) is 11. The summed E-state index contributed by atoms with van der Waals surface area (Å²) in [5.74, 6) is -2.92. The summed E-state index contributed by atoms with van der Waals surface area (Å²) in [4.78, 5) is 66.3. The van der Waals surface area contributed by atoms with Crippen LogP contribution in [0.5, 0.6) is 5.75 Å². The van der Waals surface area contributed by atoms with Crippen molar-refractivity contribution in [2.75, 3.05) is 36.2 Å². The summed E-state index contributed by atoms with van der Waals surface area (Å²) in [7, 11) is 0. The average molecular weight is 937 g/mol. The van der Waals surface area contributed by atoms with Crippen LogP contribution < -0.4 is 25.2 Å². The normalized spacial score (nSPS) is 16.7. The number of nitriles is 1. The molecular formula is C45H48F4N8O6S2. The van der Waals surface area contributed by atoms with E-state index in [1.807, 2.05) is 20.8 Å². The third-order valence-electron chi connectivity index (χ3n) is 11.0. The molecule has 0 spiro atoms. The van der Waals surface area contributed by atoms with Crippen molar-refractivity contribution in [3.8, 4) is 23.1 Å². The number of aromatic nitrogens is 2. The third-order valence-corrected chi connectivity index (χ3v) is 12.1. The minimum absolute atomic E-state index is 0.235. The Kier molecular flexibility index (Phi) is 14.9. The number of halogens is 4. The first-order valence-electron chi connectivity index (χ1n) is 20.7. The van der Waals surface area contributed by atoms with Gasteiger partial charge in [0.2, 0.25) is 17.7 Å². The van der Waals surface area contributed by atoms with E-state index in [0.29, 0.717) is 67.4 Å². The fourth-order valence-corrected chi connectivity index (χ4v) is 8.61. The van der Waals surface area contributed by atoms with Crippen LogP contribution in [0.25, 0.3) is 11.3 Å². The zero-order chi connectivity index (χ0) is 47.3. The number of anilines is 2. The van der Waals surface area contributed by atoms with Crippen molar-refractivity contribution in [3.05, 3.63) is 88.3 Å². The summed E-state index contributed by atoms with van der Waals surface area (Å²) in [6.07, 6.45) is 0.406. The number of hydrogen-bond donors (Lipinski definition) is 2. The molecule has 0 radical (unpaired) electrons. The van der Waals surface area contributed by atoms with Gasteiger partial charge < -0.3 is 29.9 Å². The smallest absolute Gasteiger partial charge is 0.420 e. The number of pyridine rings is 1. The van der Waals surface area contributed by atoms with Gasteiger partial charge in [0, 0.05) is 29.8 Å². The van der Waals surface area contributed by atoms with Gasteiger partial charge in [-0.2, -0.15) is 18.4 Å². The molecule has 2 fully saturated rings. The number of nitrogens with one attached hydrogen (secondary N) is 2. The van der Waals surface area contributed by atoms with E-state index in [-0.39, 0.29) is 30.1 Å². The monoisotopic (exact) mass is 936 g/mol. The van der Waals surface area contributed by atoms with Crippen LogP contribution in [-0.4, -0.2) is 87.6 Å². The number of likely N-dealkylation sites (tertiary alicyclic amines) is 1. The molecule has 0 aliphatic carbocycles. The van der Waals surface area contributed by atoms with E-state index in [1.54, 1.807) is 53.0 Å². The number of alkyl halides is 3. The van der Waals surface area contributed by atoms with Crippen molar-refractivity contribution in [1.82, 2.24) is 25.5 Å². The van der Waals surface area contributed by atoms with Gasteiger partial charge in [-0.1, -0.05) is 20.8 Å². The molecule has 2 aromatic heterocycles. The van der Waals surface area contributed by atoms with Crippen molar-refractivity contribution >= 4 is 63.7 Å². The Balaban J connectivity index is 0.950. The molecule has 65 heavy (non-hydrogen) atoms. The van der Waals surface area contributed by atoms with E-state index in [9.17, 15) is 32.3 Å². The number of unbranched alkanes of at least 4 members (excludes halogenated alkanes) is 1. The van der Waals surface area contributed by atoms with Gasteiger partial charge in [0.25, 0.3) is 5.91 Å². The van der Waals surface area contributed by atoms with Gasteiger partial charge in [-0.15, -0.1) is 11.3 Å². The van der Waals surface area contributed by atoms with Gasteiger partial charge in [-0.05, 0) is 106 Å². The fraction of sp³-hybridized carbons (Fsp3) is 0.422. The zero-order valence-electron chi connectivity index (χ0n) is 36.3. The van der Waals surface area contributed by atoms with Crippen LogP contribution in [0.2, 0.25) is 0 Å². The molecule has 344 valence electrons. The Morgan fingerprint density at radius 1 is 1.05 bits per heavy atom. The van der Waals surface area contributed by atoms with Gasteiger partial charge in [-0.3, -0.25) is 34.0 Å². The molecule has 4 heterocycles. The zero-order valence-corrected chi connectivity index (χ0v) is 38.0. The highest BCUT2D eigenvalue weighted by Crippen LogP contribution is 2.42. The number of benzene rings is 2. The van der Waals surface area contributed by atoms with Crippen molar-refractivity contribution in [3.63, 3.8) is 0 Å². The predicted octanol–water partition coefficient (Wildman–Crippen LogP) is 7.17. The predicted molar refractivity (Wildman–Crippen MR) is 238 cm³/mol. The molecule has 20 heteroatoms.